The standard InChI is InChI=1S/C14H26N2OSi/c1-16-12-6-7-13(16)11-14(10-12)17-18(2,3)9-5-4-8-15/h12-14H,4-7,9-11H2,1-3H3. The molecule has 2 aliphatic heterocycles. The highest BCUT2D eigenvalue weighted by atomic mass is 28.4. The van der Waals surface area contributed by atoms with Gasteiger partial charge in [0.05, 0.1) is 6.07 Å². The summed E-state index contributed by atoms with van der Waals surface area (Å²) in [6, 6.07) is 4.88. The van der Waals surface area contributed by atoms with Crippen molar-refractivity contribution in [2.45, 2.75) is 75.9 Å². The van der Waals surface area contributed by atoms with Crippen molar-refractivity contribution in [3.05, 3.63) is 0 Å². The van der Waals surface area contributed by atoms with Crippen LogP contribution < -0.4 is 0 Å². The van der Waals surface area contributed by atoms with Crippen molar-refractivity contribution in [2.24, 2.45) is 0 Å². The molecule has 0 aromatic heterocycles. The number of fused-ring (bicyclic) bond motifs is 2. The largest absolute Gasteiger partial charge is 0.414 e. The summed E-state index contributed by atoms with van der Waals surface area (Å²) < 4.78 is 6.46. The van der Waals surface area contributed by atoms with E-state index in [1.165, 1.54) is 25.7 Å². The first-order valence-corrected chi connectivity index (χ1v) is 10.4. The van der Waals surface area contributed by atoms with Crippen LogP contribution in [-0.4, -0.2) is 38.5 Å². The smallest absolute Gasteiger partial charge is 0.187 e. The van der Waals surface area contributed by atoms with Gasteiger partial charge in [-0.15, -0.1) is 0 Å². The zero-order chi connectivity index (χ0) is 13.2. The van der Waals surface area contributed by atoms with Crippen molar-refractivity contribution >= 4 is 8.32 Å². The van der Waals surface area contributed by atoms with Gasteiger partial charge in [0.2, 0.25) is 0 Å². The maximum absolute atomic E-state index is 8.61. The molecule has 2 fully saturated rings. The van der Waals surface area contributed by atoms with Crippen molar-refractivity contribution < 1.29 is 4.43 Å². The Kier molecular flexibility index (Phi) is 4.47. The highest BCUT2D eigenvalue weighted by Crippen LogP contribution is 2.36. The molecule has 2 rings (SSSR count). The Morgan fingerprint density at radius 1 is 1.28 bits per heavy atom. The molecule has 0 saturated carbocycles. The number of nitriles is 1. The molecule has 102 valence electrons. The third-order valence-electron chi connectivity index (χ3n) is 4.61. The molecule has 2 aliphatic rings. The third-order valence-corrected chi connectivity index (χ3v) is 7.14. The van der Waals surface area contributed by atoms with Gasteiger partial charge >= 0.3 is 0 Å². The molecule has 0 aliphatic carbocycles. The average molecular weight is 266 g/mol. The van der Waals surface area contributed by atoms with Gasteiger partial charge in [0, 0.05) is 24.6 Å². The first kappa shape index (κ1) is 14.0. The summed E-state index contributed by atoms with van der Waals surface area (Å²) in [5, 5.41) is 8.61. The van der Waals surface area contributed by atoms with Crippen molar-refractivity contribution in [3.8, 4) is 6.07 Å². The second kappa shape index (κ2) is 5.73. The van der Waals surface area contributed by atoms with E-state index >= 15 is 0 Å². The van der Waals surface area contributed by atoms with E-state index in [2.05, 4.69) is 31.1 Å². The molecule has 0 aromatic carbocycles. The number of hydrogen-bond acceptors (Lipinski definition) is 3. The minimum absolute atomic E-state index is 0.488. The SMILES string of the molecule is CN1C2CCC1CC(O[Si](C)(C)CCCC#N)C2. The van der Waals surface area contributed by atoms with Gasteiger partial charge < -0.3 is 9.33 Å². The number of hydrogen-bond donors (Lipinski definition) is 0. The molecular weight excluding hydrogens is 240 g/mol. The van der Waals surface area contributed by atoms with Crippen LogP contribution in [0.1, 0.15) is 38.5 Å². The fourth-order valence-corrected chi connectivity index (χ4v) is 5.80. The number of nitrogens with zero attached hydrogens (tertiary/aromatic N) is 2. The first-order chi connectivity index (χ1) is 8.52. The number of rotatable bonds is 5. The molecule has 2 atom stereocenters. The number of piperidine rings is 1. The lowest BCUT2D eigenvalue weighted by molar-refractivity contribution is 0.0606. The Morgan fingerprint density at radius 3 is 2.44 bits per heavy atom. The second-order valence-electron chi connectivity index (χ2n) is 6.53. The summed E-state index contributed by atoms with van der Waals surface area (Å²) in [6.45, 7) is 4.62. The highest BCUT2D eigenvalue weighted by Gasteiger charge is 2.40. The van der Waals surface area contributed by atoms with Crippen molar-refractivity contribution in [1.29, 1.82) is 5.26 Å². The maximum Gasteiger partial charge on any atom is 0.187 e. The van der Waals surface area contributed by atoms with Crippen LogP contribution in [0.25, 0.3) is 0 Å². The van der Waals surface area contributed by atoms with Crippen LogP contribution in [0.4, 0.5) is 0 Å². The molecule has 0 aromatic rings. The molecular formula is C14H26N2OSi. The quantitative estimate of drug-likeness (QED) is 0.566. The predicted octanol–water partition coefficient (Wildman–Crippen LogP) is 3.14. The maximum atomic E-state index is 8.61. The molecule has 0 amide bonds. The summed E-state index contributed by atoms with van der Waals surface area (Å²) >= 11 is 0. The Balaban J connectivity index is 1.81. The molecule has 3 nitrogen and oxygen atoms in total. The van der Waals surface area contributed by atoms with E-state index in [1.54, 1.807) is 0 Å². The predicted molar refractivity (Wildman–Crippen MR) is 75.8 cm³/mol. The van der Waals surface area contributed by atoms with E-state index in [1.807, 2.05) is 0 Å². The van der Waals surface area contributed by atoms with Crippen molar-refractivity contribution in [3.63, 3.8) is 0 Å². The van der Waals surface area contributed by atoms with Gasteiger partial charge in [-0.05, 0) is 58.3 Å². The fraction of sp³-hybridized carbons (Fsp3) is 0.929. The summed E-state index contributed by atoms with van der Waals surface area (Å²) in [7, 11) is 0.721. The van der Waals surface area contributed by atoms with Crippen LogP contribution in [0.2, 0.25) is 19.1 Å². The molecule has 0 radical (unpaired) electrons. The second-order valence-corrected chi connectivity index (χ2v) is 10.8. The summed E-state index contributed by atoms with van der Waals surface area (Å²) in [4.78, 5) is 2.56. The molecule has 2 heterocycles. The average Bonchev–Trinajstić information content (AvgIpc) is 2.51. The number of unbranched alkanes of at least 4 members (excludes halogenated alkanes) is 1. The molecule has 0 N–H and O–H groups in total. The van der Waals surface area contributed by atoms with Gasteiger partial charge in [-0.2, -0.15) is 5.26 Å². The lowest BCUT2D eigenvalue weighted by Gasteiger charge is -2.39. The van der Waals surface area contributed by atoms with E-state index in [0.717, 1.165) is 24.5 Å². The monoisotopic (exact) mass is 266 g/mol. The molecule has 4 heteroatoms. The Labute approximate surface area is 112 Å². The van der Waals surface area contributed by atoms with Crippen LogP contribution in [0.15, 0.2) is 0 Å². The van der Waals surface area contributed by atoms with Gasteiger partial charge in [-0.25, -0.2) is 0 Å². The molecule has 2 saturated heterocycles. The van der Waals surface area contributed by atoms with Gasteiger partial charge in [0.1, 0.15) is 0 Å². The summed E-state index contributed by atoms with van der Waals surface area (Å²) in [6.07, 6.45) is 7.34. The van der Waals surface area contributed by atoms with Crippen LogP contribution in [0.3, 0.4) is 0 Å². The van der Waals surface area contributed by atoms with Crippen molar-refractivity contribution in [1.82, 2.24) is 4.90 Å². The minimum atomic E-state index is -1.55. The Morgan fingerprint density at radius 2 is 1.89 bits per heavy atom. The van der Waals surface area contributed by atoms with Gasteiger partial charge in [0.15, 0.2) is 8.32 Å². The van der Waals surface area contributed by atoms with Crippen LogP contribution in [-0.2, 0) is 4.43 Å². The third kappa shape index (κ3) is 3.34. The summed E-state index contributed by atoms with van der Waals surface area (Å²) in [5.74, 6) is 0. The zero-order valence-electron chi connectivity index (χ0n) is 12.0. The van der Waals surface area contributed by atoms with Crippen molar-refractivity contribution in [2.75, 3.05) is 7.05 Å². The Hall–Kier alpha value is -0.373. The highest BCUT2D eigenvalue weighted by molar-refractivity contribution is 6.71. The fourth-order valence-electron chi connectivity index (χ4n) is 3.56. The first-order valence-electron chi connectivity index (χ1n) is 7.28. The van der Waals surface area contributed by atoms with E-state index in [0.29, 0.717) is 12.5 Å². The zero-order valence-corrected chi connectivity index (χ0v) is 13.0. The van der Waals surface area contributed by atoms with Crippen LogP contribution in [0, 0.1) is 11.3 Å². The molecule has 2 bridgehead atoms. The minimum Gasteiger partial charge on any atom is -0.414 e. The summed E-state index contributed by atoms with van der Waals surface area (Å²) in [5.41, 5.74) is 0. The molecule has 0 spiro atoms. The van der Waals surface area contributed by atoms with Crippen LogP contribution >= 0.6 is 0 Å². The van der Waals surface area contributed by atoms with E-state index in [-0.39, 0.29) is 0 Å². The topological polar surface area (TPSA) is 36.3 Å². The normalized spacial score (nSPS) is 32.4. The van der Waals surface area contributed by atoms with E-state index in [9.17, 15) is 0 Å². The lowest BCUT2D eigenvalue weighted by Crippen LogP contribution is -2.46. The van der Waals surface area contributed by atoms with E-state index in [4.69, 9.17) is 9.69 Å². The van der Waals surface area contributed by atoms with E-state index < -0.39 is 8.32 Å². The van der Waals surface area contributed by atoms with Gasteiger partial charge in [-0.3, -0.25) is 0 Å². The van der Waals surface area contributed by atoms with Crippen LogP contribution in [0.5, 0.6) is 0 Å². The Bertz CT molecular complexity index is 312. The van der Waals surface area contributed by atoms with Gasteiger partial charge in [0.25, 0.3) is 0 Å². The van der Waals surface area contributed by atoms with Gasteiger partial charge in [-0.1, -0.05) is 0 Å². The molecule has 2 unspecified atom stereocenters. The lowest BCUT2D eigenvalue weighted by atomic mass is 10.0. The molecule has 18 heavy (non-hydrogen) atoms.